The number of ether oxygens (including phenoxy) is 2. The normalized spacial score (nSPS) is 22.6. The standard InChI is InChI=1S/C23H35N3O5/c1-7-21(27)24-17-9-10-18-19(11-17)31-14-16(4)26(22(28)8-2)12-15(3)20(30-6)13-25(5)23(18)29/h9-11,15-16,20H,7-8,12-14H2,1-6H3,(H,24,27)/t15-,16-,20-/m1/s1. The van der Waals surface area contributed by atoms with Crippen LogP contribution in [0, 0.1) is 5.92 Å². The van der Waals surface area contributed by atoms with Crippen LogP contribution >= 0.6 is 0 Å². The Morgan fingerprint density at radius 3 is 2.52 bits per heavy atom. The van der Waals surface area contributed by atoms with E-state index in [0.717, 1.165) is 0 Å². The third-order valence-corrected chi connectivity index (χ3v) is 5.67. The molecule has 1 heterocycles. The Balaban J connectivity index is 2.45. The fourth-order valence-electron chi connectivity index (χ4n) is 3.65. The Morgan fingerprint density at radius 2 is 1.90 bits per heavy atom. The highest BCUT2D eigenvalue weighted by Crippen LogP contribution is 2.27. The summed E-state index contributed by atoms with van der Waals surface area (Å²) in [6.07, 6.45) is 0.526. The van der Waals surface area contributed by atoms with Crippen molar-refractivity contribution in [3.05, 3.63) is 23.8 Å². The van der Waals surface area contributed by atoms with E-state index in [4.69, 9.17) is 9.47 Å². The van der Waals surface area contributed by atoms with Crippen LogP contribution in [0.3, 0.4) is 0 Å². The van der Waals surface area contributed by atoms with Crippen LogP contribution in [0.5, 0.6) is 5.75 Å². The molecule has 3 amide bonds. The van der Waals surface area contributed by atoms with Gasteiger partial charge in [0.15, 0.2) is 0 Å². The van der Waals surface area contributed by atoms with Gasteiger partial charge in [0.1, 0.15) is 12.4 Å². The van der Waals surface area contributed by atoms with Crippen LogP contribution in [0.4, 0.5) is 5.69 Å². The molecule has 0 saturated carbocycles. The van der Waals surface area contributed by atoms with Gasteiger partial charge in [0.2, 0.25) is 11.8 Å². The van der Waals surface area contributed by atoms with Gasteiger partial charge in [-0.2, -0.15) is 0 Å². The second-order valence-corrected chi connectivity index (χ2v) is 8.11. The number of hydrogen-bond acceptors (Lipinski definition) is 5. The number of nitrogens with zero attached hydrogens (tertiary/aromatic N) is 2. The third-order valence-electron chi connectivity index (χ3n) is 5.67. The highest BCUT2D eigenvalue weighted by atomic mass is 16.5. The van der Waals surface area contributed by atoms with Crippen LogP contribution < -0.4 is 10.1 Å². The van der Waals surface area contributed by atoms with Crippen LogP contribution in [0.2, 0.25) is 0 Å². The highest BCUT2D eigenvalue weighted by molar-refractivity contribution is 5.98. The number of carbonyl (C=O) groups is 3. The zero-order valence-electron chi connectivity index (χ0n) is 19.4. The molecule has 0 spiro atoms. The Hall–Kier alpha value is -2.61. The van der Waals surface area contributed by atoms with E-state index in [1.54, 1.807) is 44.2 Å². The molecule has 8 nitrogen and oxygen atoms in total. The zero-order chi connectivity index (χ0) is 23.1. The van der Waals surface area contributed by atoms with Gasteiger partial charge in [-0.3, -0.25) is 14.4 Å². The minimum absolute atomic E-state index is 0.0312. The van der Waals surface area contributed by atoms with E-state index in [-0.39, 0.29) is 42.4 Å². The van der Waals surface area contributed by atoms with Gasteiger partial charge in [-0.1, -0.05) is 20.8 Å². The predicted molar refractivity (Wildman–Crippen MR) is 119 cm³/mol. The lowest BCUT2D eigenvalue weighted by molar-refractivity contribution is -0.135. The monoisotopic (exact) mass is 433 g/mol. The van der Waals surface area contributed by atoms with Crippen molar-refractivity contribution in [3.63, 3.8) is 0 Å². The lowest BCUT2D eigenvalue weighted by Crippen LogP contribution is -2.48. The van der Waals surface area contributed by atoms with Gasteiger partial charge in [0, 0.05) is 57.8 Å². The van der Waals surface area contributed by atoms with Crippen LogP contribution in [-0.4, -0.2) is 73.5 Å². The fourth-order valence-corrected chi connectivity index (χ4v) is 3.65. The number of rotatable bonds is 4. The topological polar surface area (TPSA) is 88.2 Å². The van der Waals surface area contributed by atoms with Gasteiger partial charge in [0.25, 0.3) is 5.91 Å². The van der Waals surface area contributed by atoms with Crippen molar-refractivity contribution in [3.8, 4) is 5.75 Å². The average molecular weight is 434 g/mol. The Labute approximate surface area is 184 Å². The molecular weight excluding hydrogens is 398 g/mol. The van der Waals surface area contributed by atoms with Gasteiger partial charge < -0.3 is 24.6 Å². The van der Waals surface area contributed by atoms with E-state index in [1.165, 1.54) is 0 Å². The number of carbonyl (C=O) groups excluding carboxylic acids is 3. The lowest BCUT2D eigenvalue weighted by Gasteiger charge is -2.36. The van der Waals surface area contributed by atoms with Crippen LogP contribution in [0.15, 0.2) is 18.2 Å². The second-order valence-electron chi connectivity index (χ2n) is 8.11. The summed E-state index contributed by atoms with van der Waals surface area (Å²) in [6, 6.07) is 4.83. The first-order valence-corrected chi connectivity index (χ1v) is 10.9. The Morgan fingerprint density at radius 1 is 1.19 bits per heavy atom. The van der Waals surface area contributed by atoms with E-state index in [2.05, 4.69) is 5.32 Å². The van der Waals surface area contributed by atoms with E-state index in [9.17, 15) is 14.4 Å². The van der Waals surface area contributed by atoms with Crippen molar-refractivity contribution in [2.24, 2.45) is 5.92 Å². The Kier molecular flexibility index (Phi) is 8.86. The molecule has 0 aromatic heterocycles. The SMILES string of the molecule is CCC(=O)Nc1ccc2c(c1)OC[C@@H](C)N(C(=O)CC)C[C@@H](C)[C@H](OC)CN(C)C2=O. The average Bonchev–Trinajstić information content (AvgIpc) is 2.77. The molecule has 1 aromatic rings. The minimum Gasteiger partial charge on any atom is -0.491 e. The summed E-state index contributed by atoms with van der Waals surface area (Å²) < 4.78 is 11.7. The smallest absolute Gasteiger partial charge is 0.257 e. The molecular formula is C23H35N3O5. The molecule has 0 fully saturated rings. The first-order valence-electron chi connectivity index (χ1n) is 10.9. The van der Waals surface area contributed by atoms with Crippen LogP contribution in [0.1, 0.15) is 50.9 Å². The number of fused-ring (bicyclic) bond motifs is 1. The molecule has 2 rings (SSSR count). The van der Waals surface area contributed by atoms with E-state index < -0.39 is 0 Å². The first-order chi connectivity index (χ1) is 14.7. The summed E-state index contributed by atoms with van der Waals surface area (Å²) in [5.74, 6) is 0.144. The number of methoxy groups -OCH3 is 1. The molecule has 0 bridgehead atoms. The van der Waals surface area contributed by atoms with Gasteiger partial charge >= 0.3 is 0 Å². The van der Waals surface area contributed by atoms with Crippen molar-refractivity contribution in [1.82, 2.24) is 9.80 Å². The molecule has 172 valence electrons. The molecule has 3 atom stereocenters. The van der Waals surface area contributed by atoms with Crippen LogP contribution in [-0.2, 0) is 14.3 Å². The zero-order valence-corrected chi connectivity index (χ0v) is 19.4. The van der Waals surface area contributed by atoms with Gasteiger partial charge in [-0.05, 0) is 19.1 Å². The molecule has 0 aliphatic carbocycles. The van der Waals surface area contributed by atoms with E-state index in [1.807, 2.05) is 25.7 Å². The van der Waals surface area contributed by atoms with Crippen molar-refractivity contribution in [2.45, 2.75) is 52.7 Å². The second kappa shape index (κ2) is 11.1. The van der Waals surface area contributed by atoms with Crippen molar-refractivity contribution >= 4 is 23.4 Å². The maximum Gasteiger partial charge on any atom is 0.257 e. The molecule has 1 aromatic carbocycles. The van der Waals surface area contributed by atoms with Gasteiger partial charge in [0.05, 0.1) is 17.7 Å². The number of likely N-dealkylation sites (N-methyl/N-ethyl adjacent to an activating group) is 1. The molecule has 0 unspecified atom stereocenters. The fraction of sp³-hybridized carbons (Fsp3) is 0.609. The Bertz CT molecular complexity index is 797. The summed E-state index contributed by atoms with van der Waals surface area (Å²) in [4.78, 5) is 41.0. The molecule has 31 heavy (non-hydrogen) atoms. The molecule has 1 aliphatic rings. The largest absolute Gasteiger partial charge is 0.491 e. The molecule has 1 N–H and O–H groups in total. The number of amides is 3. The summed E-state index contributed by atoms with van der Waals surface area (Å²) in [5, 5.41) is 2.80. The molecule has 0 radical (unpaired) electrons. The third kappa shape index (κ3) is 6.19. The lowest BCUT2D eigenvalue weighted by atomic mass is 10.0. The van der Waals surface area contributed by atoms with E-state index in [0.29, 0.717) is 42.9 Å². The summed E-state index contributed by atoms with van der Waals surface area (Å²) >= 11 is 0. The maximum atomic E-state index is 13.1. The molecule has 1 aliphatic heterocycles. The summed E-state index contributed by atoms with van der Waals surface area (Å²) in [6.45, 7) is 8.69. The van der Waals surface area contributed by atoms with Crippen molar-refractivity contribution in [2.75, 3.05) is 39.2 Å². The van der Waals surface area contributed by atoms with Crippen molar-refractivity contribution in [1.29, 1.82) is 0 Å². The van der Waals surface area contributed by atoms with Gasteiger partial charge in [-0.25, -0.2) is 0 Å². The van der Waals surface area contributed by atoms with Crippen molar-refractivity contribution < 1.29 is 23.9 Å². The number of hydrogen-bond donors (Lipinski definition) is 1. The number of nitrogens with one attached hydrogen (secondary N) is 1. The molecule has 8 heteroatoms. The summed E-state index contributed by atoms with van der Waals surface area (Å²) in [7, 11) is 3.35. The molecule has 0 saturated heterocycles. The van der Waals surface area contributed by atoms with Crippen LogP contribution in [0.25, 0.3) is 0 Å². The quantitative estimate of drug-likeness (QED) is 0.789. The summed E-state index contributed by atoms with van der Waals surface area (Å²) in [5.41, 5.74) is 0.964. The predicted octanol–water partition coefficient (Wildman–Crippen LogP) is 2.78. The number of benzene rings is 1. The first kappa shape index (κ1) is 24.7. The number of anilines is 1. The minimum atomic E-state index is -0.222. The highest BCUT2D eigenvalue weighted by Gasteiger charge is 2.29. The van der Waals surface area contributed by atoms with Gasteiger partial charge in [-0.15, -0.1) is 0 Å². The van der Waals surface area contributed by atoms with E-state index >= 15 is 0 Å². The maximum absolute atomic E-state index is 13.1.